The van der Waals surface area contributed by atoms with Crippen molar-refractivity contribution in [2.45, 2.75) is 6.92 Å². The van der Waals surface area contributed by atoms with Gasteiger partial charge in [-0.15, -0.1) is 0 Å². The molecular weight excluding hydrogens is 270 g/mol. The predicted octanol–water partition coefficient (Wildman–Crippen LogP) is 0.507. The molecule has 6 heteroatoms. The summed E-state index contributed by atoms with van der Waals surface area (Å²) in [5, 5.41) is 9.51. The maximum Gasteiger partial charge on any atom is 0.252 e. The maximum atomic E-state index is 11.1. The molecule has 6 nitrogen and oxygen atoms in total. The summed E-state index contributed by atoms with van der Waals surface area (Å²) in [6.07, 6.45) is 0. The topological polar surface area (TPSA) is 79.0 Å². The number of aromatic hydroxyl groups is 1. The SMILES string of the molecule is CCN1CCN(CCOc2ccc(O)c(C(N)=O)c2)CC1. The first-order valence-electron chi connectivity index (χ1n) is 7.30. The molecule has 0 aliphatic carbocycles. The first-order valence-corrected chi connectivity index (χ1v) is 7.30. The Kier molecular flexibility index (Phi) is 5.41. The van der Waals surface area contributed by atoms with Crippen LogP contribution in [0, 0.1) is 0 Å². The molecule has 1 saturated heterocycles. The van der Waals surface area contributed by atoms with Crippen LogP contribution in [-0.2, 0) is 0 Å². The lowest BCUT2D eigenvalue weighted by molar-refractivity contribution is 0.0996. The van der Waals surface area contributed by atoms with Crippen molar-refractivity contribution in [2.75, 3.05) is 45.9 Å². The Bertz CT molecular complexity index is 485. The number of likely N-dealkylation sites (N-methyl/N-ethyl adjacent to an activating group) is 1. The Balaban J connectivity index is 1.79. The molecule has 0 spiro atoms. The summed E-state index contributed by atoms with van der Waals surface area (Å²) in [5.41, 5.74) is 5.27. The molecule has 1 aromatic rings. The molecule has 1 fully saturated rings. The monoisotopic (exact) mass is 293 g/mol. The standard InChI is InChI=1S/C15H23N3O3/c1-2-17-5-7-18(8-6-17)9-10-21-12-3-4-14(19)13(11-12)15(16)20/h3-4,11,19H,2,5-10H2,1H3,(H2,16,20). The van der Waals surface area contributed by atoms with Crippen LogP contribution in [-0.4, -0.2) is 66.7 Å². The van der Waals surface area contributed by atoms with Gasteiger partial charge in [0, 0.05) is 32.7 Å². The number of amides is 1. The van der Waals surface area contributed by atoms with Crippen LogP contribution >= 0.6 is 0 Å². The zero-order valence-electron chi connectivity index (χ0n) is 12.4. The third-order valence-electron chi connectivity index (χ3n) is 3.82. The molecule has 0 bridgehead atoms. The molecule has 0 atom stereocenters. The Hall–Kier alpha value is -1.79. The second-order valence-electron chi connectivity index (χ2n) is 5.17. The van der Waals surface area contributed by atoms with Crippen molar-refractivity contribution in [3.05, 3.63) is 23.8 Å². The van der Waals surface area contributed by atoms with Crippen molar-refractivity contribution in [1.82, 2.24) is 9.80 Å². The van der Waals surface area contributed by atoms with E-state index in [1.807, 2.05) is 0 Å². The minimum Gasteiger partial charge on any atom is -0.507 e. The highest BCUT2D eigenvalue weighted by Crippen LogP contribution is 2.22. The van der Waals surface area contributed by atoms with Crippen molar-refractivity contribution >= 4 is 5.91 Å². The predicted molar refractivity (Wildman–Crippen MR) is 80.7 cm³/mol. The fourth-order valence-electron chi connectivity index (χ4n) is 2.42. The summed E-state index contributed by atoms with van der Waals surface area (Å²) in [6.45, 7) is 8.99. The Morgan fingerprint density at radius 3 is 2.57 bits per heavy atom. The van der Waals surface area contributed by atoms with Gasteiger partial charge in [-0.1, -0.05) is 6.92 Å². The molecule has 0 aromatic heterocycles. The number of piperazine rings is 1. The van der Waals surface area contributed by atoms with E-state index in [1.165, 1.54) is 12.1 Å². The van der Waals surface area contributed by atoms with E-state index in [2.05, 4.69) is 16.7 Å². The number of primary amides is 1. The van der Waals surface area contributed by atoms with Crippen LogP contribution in [0.4, 0.5) is 0 Å². The molecule has 0 radical (unpaired) electrons. The van der Waals surface area contributed by atoms with E-state index in [0.29, 0.717) is 12.4 Å². The molecule has 3 N–H and O–H groups in total. The lowest BCUT2D eigenvalue weighted by Crippen LogP contribution is -2.47. The second kappa shape index (κ2) is 7.28. The molecule has 116 valence electrons. The molecule has 1 heterocycles. The first-order chi connectivity index (χ1) is 10.1. The number of nitrogens with two attached hydrogens (primary N) is 1. The Labute approximate surface area is 125 Å². The molecule has 0 unspecified atom stereocenters. The first kappa shape index (κ1) is 15.6. The summed E-state index contributed by atoms with van der Waals surface area (Å²) in [6, 6.07) is 4.54. The molecular formula is C15H23N3O3. The molecule has 2 rings (SSSR count). The molecule has 1 amide bonds. The van der Waals surface area contributed by atoms with Gasteiger partial charge in [-0.2, -0.15) is 0 Å². The van der Waals surface area contributed by atoms with E-state index in [9.17, 15) is 9.90 Å². The lowest BCUT2D eigenvalue weighted by atomic mass is 10.2. The Morgan fingerprint density at radius 2 is 1.95 bits per heavy atom. The highest BCUT2D eigenvalue weighted by molar-refractivity contribution is 5.95. The van der Waals surface area contributed by atoms with Crippen molar-refractivity contribution in [3.8, 4) is 11.5 Å². The van der Waals surface area contributed by atoms with E-state index in [-0.39, 0.29) is 11.3 Å². The minimum atomic E-state index is -0.659. The van der Waals surface area contributed by atoms with Crippen LogP contribution in [0.1, 0.15) is 17.3 Å². The molecule has 1 aromatic carbocycles. The second-order valence-corrected chi connectivity index (χ2v) is 5.17. The number of hydrogen-bond acceptors (Lipinski definition) is 5. The summed E-state index contributed by atoms with van der Waals surface area (Å²) >= 11 is 0. The minimum absolute atomic E-state index is 0.0871. The van der Waals surface area contributed by atoms with Crippen molar-refractivity contribution in [3.63, 3.8) is 0 Å². The smallest absolute Gasteiger partial charge is 0.252 e. The number of carbonyl (C=O) groups excluding carboxylic acids is 1. The fraction of sp³-hybridized carbons (Fsp3) is 0.533. The van der Waals surface area contributed by atoms with Gasteiger partial charge in [0.15, 0.2) is 0 Å². The van der Waals surface area contributed by atoms with Crippen LogP contribution in [0.2, 0.25) is 0 Å². The summed E-state index contributed by atoms with van der Waals surface area (Å²) in [7, 11) is 0. The van der Waals surface area contributed by atoms with Crippen LogP contribution in [0.5, 0.6) is 11.5 Å². The van der Waals surface area contributed by atoms with Crippen LogP contribution in [0.15, 0.2) is 18.2 Å². The number of carbonyl (C=O) groups is 1. The normalized spacial score (nSPS) is 16.8. The van der Waals surface area contributed by atoms with E-state index >= 15 is 0 Å². The van der Waals surface area contributed by atoms with Gasteiger partial charge in [-0.05, 0) is 24.7 Å². The number of benzene rings is 1. The summed E-state index contributed by atoms with van der Waals surface area (Å²) in [5.74, 6) is -0.229. The zero-order valence-corrected chi connectivity index (χ0v) is 12.4. The van der Waals surface area contributed by atoms with E-state index in [0.717, 1.165) is 39.3 Å². The maximum absolute atomic E-state index is 11.1. The van der Waals surface area contributed by atoms with Crippen molar-refractivity contribution in [2.24, 2.45) is 5.73 Å². The van der Waals surface area contributed by atoms with Gasteiger partial charge in [-0.3, -0.25) is 9.69 Å². The van der Waals surface area contributed by atoms with Gasteiger partial charge < -0.3 is 20.5 Å². The number of nitrogens with zero attached hydrogens (tertiary/aromatic N) is 2. The number of rotatable bonds is 6. The van der Waals surface area contributed by atoms with Gasteiger partial charge in [0.05, 0.1) is 5.56 Å². The highest BCUT2D eigenvalue weighted by atomic mass is 16.5. The van der Waals surface area contributed by atoms with Gasteiger partial charge >= 0.3 is 0 Å². The molecule has 21 heavy (non-hydrogen) atoms. The molecule has 1 aliphatic heterocycles. The van der Waals surface area contributed by atoms with Gasteiger partial charge in [0.2, 0.25) is 0 Å². The third kappa shape index (κ3) is 4.34. The highest BCUT2D eigenvalue weighted by Gasteiger charge is 2.15. The van der Waals surface area contributed by atoms with Crippen LogP contribution in [0.25, 0.3) is 0 Å². The average molecular weight is 293 g/mol. The van der Waals surface area contributed by atoms with Crippen molar-refractivity contribution < 1.29 is 14.6 Å². The van der Waals surface area contributed by atoms with Gasteiger partial charge in [0.1, 0.15) is 18.1 Å². The quantitative estimate of drug-likeness (QED) is 0.799. The van der Waals surface area contributed by atoms with Crippen molar-refractivity contribution in [1.29, 1.82) is 0 Å². The lowest BCUT2D eigenvalue weighted by Gasteiger charge is -2.33. The largest absolute Gasteiger partial charge is 0.507 e. The number of phenols is 1. The van der Waals surface area contributed by atoms with E-state index in [4.69, 9.17) is 10.5 Å². The van der Waals surface area contributed by atoms with E-state index < -0.39 is 5.91 Å². The van der Waals surface area contributed by atoms with Crippen LogP contribution < -0.4 is 10.5 Å². The number of ether oxygens (including phenoxy) is 1. The zero-order chi connectivity index (χ0) is 15.2. The molecule has 1 aliphatic rings. The Morgan fingerprint density at radius 1 is 1.29 bits per heavy atom. The average Bonchev–Trinajstić information content (AvgIpc) is 2.49. The van der Waals surface area contributed by atoms with E-state index in [1.54, 1.807) is 6.07 Å². The summed E-state index contributed by atoms with van der Waals surface area (Å²) in [4.78, 5) is 15.9. The molecule has 0 saturated carbocycles. The van der Waals surface area contributed by atoms with Gasteiger partial charge in [0.25, 0.3) is 5.91 Å². The van der Waals surface area contributed by atoms with Crippen LogP contribution in [0.3, 0.4) is 0 Å². The van der Waals surface area contributed by atoms with Gasteiger partial charge in [-0.25, -0.2) is 0 Å². The number of hydrogen-bond donors (Lipinski definition) is 2. The summed E-state index contributed by atoms with van der Waals surface area (Å²) < 4.78 is 5.63. The fourth-order valence-corrected chi connectivity index (χ4v) is 2.42. The third-order valence-corrected chi connectivity index (χ3v) is 3.82.